The van der Waals surface area contributed by atoms with Crippen molar-refractivity contribution in [2.75, 3.05) is 33.9 Å². The average Bonchev–Trinajstić information content (AvgIpc) is 2.75. The Morgan fingerprint density at radius 1 is 1.20 bits per heavy atom. The fraction of sp³-hybridized carbons (Fsp3) is 0.478. The number of aromatic nitrogens is 1. The fourth-order valence-corrected chi connectivity index (χ4v) is 4.84. The Labute approximate surface area is 176 Å². The maximum absolute atomic E-state index is 13.2. The molecule has 1 amide bonds. The van der Waals surface area contributed by atoms with Crippen LogP contribution in [0.1, 0.15) is 29.2 Å². The zero-order valence-corrected chi connectivity index (χ0v) is 17.6. The van der Waals surface area contributed by atoms with E-state index in [1.165, 1.54) is 0 Å². The van der Waals surface area contributed by atoms with Crippen LogP contribution in [0.25, 0.3) is 0 Å². The first-order chi connectivity index (χ1) is 14.5. The highest BCUT2D eigenvalue weighted by Crippen LogP contribution is 2.35. The highest BCUT2D eigenvalue weighted by molar-refractivity contribution is 5.77. The summed E-state index contributed by atoms with van der Waals surface area (Å²) in [5, 5.41) is 9.19. The number of carbonyl (C=O) groups excluding carboxylic acids is 1. The Hall–Kier alpha value is -2.64. The Kier molecular flexibility index (Phi) is 5.92. The number of ether oxygens (including phenoxy) is 1. The second kappa shape index (κ2) is 8.62. The van der Waals surface area contributed by atoms with Gasteiger partial charge in [-0.05, 0) is 43.1 Å². The van der Waals surface area contributed by atoms with Crippen molar-refractivity contribution in [3.63, 3.8) is 0 Å². The predicted octanol–water partition coefficient (Wildman–Crippen LogP) is 1.43. The fourth-order valence-electron chi connectivity index (χ4n) is 4.84. The molecule has 2 aliphatic heterocycles. The third-order valence-corrected chi connectivity index (χ3v) is 6.20. The molecular formula is C23H29N3O4. The van der Waals surface area contributed by atoms with Crippen LogP contribution in [0.5, 0.6) is 5.75 Å². The summed E-state index contributed by atoms with van der Waals surface area (Å²) < 4.78 is 7.20. The summed E-state index contributed by atoms with van der Waals surface area (Å²) in [6.45, 7) is 2.66. The van der Waals surface area contributed by atoms with E-state index in [2.05, 4.69) is 11.0 Å². The van der Waals surface area contributed by atoms with Gasteiger partial charge in [-0.15, -0.1) is 0 Å². The number of pyridine rings is 1. The Bertz CT molecular complexity index is 987. The van der Waals surface area contributed by atoms with Gasteiger partial charge in [-0.25, -0.2) is 0 Å². The molecule has 160 valence electrons. The summed E-state index contributed by atoms with van der Waals surface area (Å²) in [5.41, 5.74) is 3.00. The molecule has 1 fully saturated rings. The Morgan fingerprint density at radius 2 is 2.03 bits per heavy atom. The van der Waals surface area contributed by atoms with Crippen molar-refractivity contribution in [2.45, 2.75) is 32.0 Å². The first kappa shape index (κ1) is 20.6. The van der Waals surface area contributed by atoms with E-state index in [9.17, 15) is 14.7 Å². The molecule has 0 spiro atoms. The smallest absolute Gasteiger partial charge is 0.255 e. The summed E-state index contributed by atoms with van der Waals surface area (Å²) in [4.78, 5) is 29.0. The number of hydrogen-bond donors (Lipinski definition) is 1. The topological polar surface area (TPSA) is 75.0 Å². The second-order valence-corrected chi connectivity index (χ2v) is 8.48. The van der Waals surface area contributed by atoms with Crippen molar-refractivity contribution < 1.29 is 14.6 Å². The molecule has 30 heavy (non-hydrogen) atoms. The number of aliphatic hydroxyl groups is 1. The standard InChI is InChI=1S/C23H29N3O4/c1-24(10-16-4-3-5-20(9-16)30-2)13-18-6-7-21-19-8-17(12-26(21)23(18)29)11-25(14-19)22(28)15-27/h3-7,9,17,19,27H,8,10-15H2,1-2H3/t17-,19+/m0/s1. The van der Waals surface area contributed by atoms with E-state index in [0.717, 1.165) is 35.5 Å². The first-order valence-corrected chi connectivity index (χ1v) is 10.4. The lowest BCUT2D eigenvalue weighted by molar-refractivity contribution is -0.136. The molecule has 7 heteroatoms. The number of likely N-dealkylation sites (tertiary alicyclic amines) is 1. The largest absolute Gasteiger partial charge is 0.497 e. The molecule has 2 bridgehead atoms. The molecule has 0 unspecified atom stereocenters. The average molecular weight is 412 g/mol. The van der Waals surface area contributed by atoms with Gasteiger partial charge in [0.1, 0.15) is 12.4 Å². The van der Waals surface area contributed by atoms with Gasteiger partial charge in [-0.1, -0.05) is 18.2 Å². The molecule has 1 saturated heterocycles. The quantitative estimate of drug-likeness (QED) is 0.778. The Morgan fingerprint density at radius 3 is 2.80 bits per heavy atom. The number of fused-ring (bicyclic) bond motifs is 4. The summed E-state index contributed by atoms with van der Waals surface area (Å²) in [6, 6.07) is 11.9. The number of aliphatic hydroxyl groups excluding tert-OH is 1. The summed E-state index contributed by atoms with van der Waals surface area (Å²) in [7, 11) is 3.67. The summed E-state index contributed by atoms with van der Waals surface area (Å²) in [6.07, 6.45) is 0.990. The maximum atomic E-state index is 13.2. The number of rotatable bonds is 6. The SMILES string of the molecule is COc1cccc(CN(C)Cc2ccc3n(c2=O)C[C@H]2C[C@@H]3CN(C(=O)CO)C2)c1. The van der Waals surface area contributed by atoms with E-state index in [4.69, 9.17) is 4.74 Å². The molecule has 1 aromatic heterocycles. The molecule has 2 aliphatic rings. The molecule has 3 heterocycles. The third-order valence-electron chi connectivity index (χ3n) is 6.20. The van der Waals surface area contributed by atoms with Crippen molar-refractivity contribution in [3.8, 4) is 5.75 Å². The number of hydrogen-bond acceptors (Lipinski definition) is 5. The van der Waals surface area contributed by atoms with E-state index in [1.54, 1.807) is 12.0 Å². The second-order valence-electron chi connectivity index (χ2n) is 8.48. The predicted molar refractivity (Wildman–Crippen MR) is 113 cm³/mol. The van der Waals surface area contributed by atoms with Crippen molar-refractivity contribution in [1.29, 1.82) is 0 Å². The molecule has 4 rings (SSSR count). The number of piperidine rings is 1. The van der Waals surface area contributed by atoms with Gasteiger partial charge in [0.15, 0.2) is 0 Å². The minimum absolute atomic E-state index is 0.0710. The van der Waals surface area contributed by atoms with Crippen LogP contribution in [0, 0.1) is 5.92 Å². The van der Waals surface area contributed by atoms with Crippen LogP contribution >= 0.6 is 0 Å². The zero-order chi connectivity index (χ0) is 21.3. The van der Waals surface area contributed by atoms with Crippen LogP contribution < -0.4 is 10.3 Å². The molecule has 0 saturated carbocycles. The molecular weight excluding hydrogens is 382 g/mol. The first-order valence-electron chi connectivity index (χ1n) is 10.4. The minimum atomic E-state index is -0.454. The Balaban J connectivity index is 1.50. The van der Waals surface area contributed by atoms with Gasteiger partial charge in [0.25, 0.3) is 5.56 Å². The number of nitrogens with zero attached hydrogens (tertiary/aromatic N) is 3. The number of methoxy groups -OCH3 is 1. The van der Waals surface area contributed by atoms with Crippen LogP contribution in [0.4, 0.5) is 0 Å². The van der Waals surface area contributed by atoms with Gasteiger partial charge in [0, 0.05) is 49.9 Å². The lowest BCUT2D eigenvalue weighted by Crippen LogP contribution is -2.50. The zero-order valence-electron chi connectivity index (χ0n) is 17.6. The highest BCUT2D eigenvalue weighted by Gasteiger charge is 2.36. The van der Waals surface area contributed by atoms with Crippen molar-refractivity contribution >= 4 is 5.91 Å². The van der Waals surface area contributed by atoms with E-state index < -0.39 is 6.61 Å². The van der Waals surface area contributed by atoms with Crippen LogP contribution in [-0.2, 0) is 24.4 Å². The lowest BCUT2D eigenvalue weighted by atomic mass is 9.83. The van der Waals surface area contributed by atoms with Gasteiger partial charge < -0.3 is 19.3 Å². The van der Waals surface area contributed by atoms with E-state index >= 15 is 0 Å². The van der Waals surface area contributed by atoms with E-state index in [-0.39, 0.29) is 23.3 Å². The third kappa shape index (κ3) is 4.13. The number of carbonyl (C=O) groups is 1. The van der Waals surface area contributed by atoms with Gasteiger partial charge in [0.2, 0.25) is 5.91 Å². The van der Waals surface area contributed by atoms with Crippen molar-refractivity contribution in [1.82, 2.24) is 14.4 Å². The molecule has 2 atom stereocenters. The summed E-state index contributed by atoms with van der Waals surface area (Å²) in [5.74, 6) is 1.02. The highest BCUT2D eigenvalue weighted by atomic mass is 16.5. The van der Waals surface area contributed by atoms with Crippen molar-refractivity contribution in [2.24, 2.45) is 5.92 Å². The van der Waals surface area contributed by atoms with Gasteiger partial charge in [-0.2, -0.15) is 0 Å². The molecule has 7 nitrogen and oxygen atoms in total. The van der Waals surface area contributed by atoms with E-state index in [0.29, 0.717) is 26.2 Å². The summed E-state index contributed by atoms with van der Waals surface area (Å²) >= 11 is 0. The number of benzene rings is 1. The van der Waals surface area contributed by atoms with Crippen molar-refractivity contribution in [3.05, 3.63) is 63.6 Å². The molecule has 0 radical (unpaired) electrons. The van der Waals surface area contributed by atoms with Crippen LogP contribution in [0.15, 0.2) is 41.2 Å². The molecule has 0 aliphatic carbocycles. The minimum Gasteiger partial charge on any atom is -0.497 e. The van der Waals surface area contributed by atoms with Crippen LogP contribution in [0.3, 0.4) is 0 Å². The molecule has 1 N–H and O–H groups in total. The normalized spacial score (nSPS) is 20.2. The van der Waals surface area contributed by atoms with Gasteiger partial charge in [-0.3, -0.25) is 14.5 Å². The monoisotopic (exact) mass is 411 g/mol. The van der Waals surface area contributed by atoms with Gasteiger partial charge >= 0.3 is 0 Å². The molecule has 2 aromatic rings. The van der Waals surface area contributed by atoms with Gasteiger partial charge in [0.05, 0.1) is 7.11 Å². The lowest BCUT2D eigenvalue weighted by Gasteiger charge is -2.42. The van der Waals surface area contributed by atoms with Crippen LogP contribution in [-0.4, -0.2) is 59.2 Å². The number of amides is 1. The van der Waals surface area contributed by atoms with E-state index in [1.807, 2.05) is 41.9 Å². The maximum Gasteiger partial charge on any atom is 0.255 e. The van der Waals surface area contributed by atoms with Crippen LogP contribution in [0.2, 0.25) is 0 Å². The molecule has 1 aromatic carbocycles.